The molecule has 0 radical (unpaired) electrons. The fourth-order valence-corrected chi connectivity index (χ4v) is 6.43. The van der Waals surface area contributed by atoms with E-state index in [0.717, 1.165) is 11.1 Å². The monoisotopic (exact) mass is 561 g/mol. The number of piperazine rings is 1. The minimum absolute atomic E-state index is 0.0724. The number of hydrogen-bond donors (Lipinski definition) is 2. The Balaban J connectivity index is 1.52. The van der Waals surface area contributed by atoms with E-state index in [4.69, 9.17) is 5.41 Å². The van der Waals surface area contributed by atoms with Gasteiger partial charge in [-0.15, -0.1) is 5.10 Å². The van der Waals surface area contributed by atoms with Gasteiger partial charge in [0.05, 0.1) is 6.20 Å². The van der Waals surface area contributed by atoms with Gasteiger partial charge >= 0.3 is 0 Å². The maximum atomic E-state index is 13.5. The van der Waals surface area contributed by atoms with E-state index in [1.165, 1.54) is 44.8 Å². The second kappa shape index (κ2) is 11.3. The van der Waals surface area contributed by atoms with Crippen LogP contribution in [0.3, 0.4) is 0 Å². The minimum atomic E-state index is -3.84. The van der Waals surface area contributed by atoms with Gasteiger partial charge in [0.1, 0.15) is 5.82 Å². The van der Waals surface area contributed by atoms with Crippen LogP contribution in [-0.4, -0.2) is 58.5 Å². The number of nitrogens with one attached hydrogen (secondary N) is 2. The van der Waals surface area contributed by atoms with Crippen LogP contribution in [0.25, 0.3) is 0 Å². The SMILES string of the molecule is Cc1ccccc1CN1CCN(S(=O)(=O)c2cnn(C)n2)CC1c1cc(C=N)c(Nc2ccc(F)cc2)cc1C. The molecule has 1 aromatic heterocycles. The van der Waals surface area contributed by atoms with Crippen molar-refractivity contribution in [2.75, 3.05) is 25.0 Å². The van der Waals surface area contributed by atoms with E-state index in [1.54, 1.807) is 19.2 Å². The van der Waals surface area contributed by atoms with Gasteiger partial charge in [0.2, 0.25) is 5.03 Å². The number of halogens is 1. The average molecular weight is 562 g/mol. The summed E-state index contributed by atoms with van der Waals surface area (Å²) in [5.41, 5.74) is 6.31. The van der Waals surface area contributed by atoms with Gasteiger partial charge in [-0.05, 0) is 72.5 Å². The maximum absolute atomic E-state index is 13.5. The van der Waals surface area contributed by atoms with E-state index in [-0.39, 0.29) is 23.4 Å². The lowest BCUT2D eigenvalue weighted by Crippen LogP contribution is -2.50. The zero-order valence-electron chi connectivity index (χ0n) is 22.7. The number of aryl methyl sites for hydroxylation is 3. The standard InChI is InChI=1S/C29H32FN7O2S/c1-20-6-4-5-7-22(20)18-36-12-13-37(40(38,39)29-17-32-35(3)34-29)19-28(36)26-15-23(16-31)27(14-21(26)2)33-25-10-8-24(30)9-11-25/h4-11,14-17,28,31,33H,12-13,18-19H2,1-3H3. The molecule has 0 bridgehead atoms. The number of aromatic nitrogens is 3. The van der Waals surface area contributed by atoms with Crippen molar-refractivity contribution < 1.29 is 12.8 Å². The molecule has 208 valence electrons. The molecule has 0 saturated carbocycles. The molecule has 9 nitrogen and oxygen atoms in total. The maximum Gasteiger partial charge on any atom is 0.264 e. The average Bonchev–Trinajstić information content (AvgIpc) is 3.39. The normalized spacial score (nSPS) is 16.6. The lowest BCUT2D eigenvalue weighted by Gasteiger charge is -2.41. The zero-order valence-corrected chi connectivity index (χ0v) is 23.5. The van der Waals surface area contributed by atoms with Crippen molar-refractivity contribution >= 4 is 27.6 Å². The van der Waals surface area contributed by atoms with Gasteiger partial charge in [-0.2, -0.15) is 14.2 Å². The van der Waals surface area contributed by atoms with Crippen LogP contribution in [0.5, 0.6) is 0 Å². The molecule has 0 amide bonds. The first-order valence-electron chi connectivity index (χ1n) is 13.0. The van der Waals surface area contributed by atoms with E-state index in [0.29, 0.717) is 36.6 Å². The summed E-state index contributed by atoms with van der Waals surface area (Å²) in [6.07, 6.45) is 2.55. The van der Waals surface area contributed by atoms with Crippen molar-refractivity contribution in [1.82, 2.24) is 24.2 Å². The molecule has 11 heteroatoms. The molecule has 0 spiro atoms. The third-order valence-electron chi connectivity index (χ3n) is 7.35. The predicted molar refractivity (Wildman–Crippen MR) is 153 cm³/mol. The number of sulfonamides is 1. The number of nitrogens with zero attached hydrogens (tertiary/aromatic N) is 5. The Morgan fingerprint density at radius 1 is 1.07 bits per heavy atom. The van der Waals surface area contributed by atoms with Crippen LogP contribution in [0.15, 0.2) is 71.9 Å². The van der Waals surface area contributed by atoms with Crippen LogP contribution < -0.4 is 5.32 Å². The highest BCUT2D eigenvalue weighted by atomic mass is 32.2. The topological polar surface area (TPSA) is 107 Å². The van der Waals surface area contributed by atoms with E-state index < -0.39 is 10.0 Å². The Labute approximate surface area is 233 Å². The molecule has 2 heterocycles. The summed E-state index contributed by atoms with van der Waals surface area (Å²) < 4.78 is 41.9. The molecule has 4 aromatic rings. The van der Waals surface area contributed by atoms with Crippen molar-refractivity contribution in [2.45, 2.75) is 31.5 Å². The van der Waals surface area contributed by atoms with E-state index in [1.807, 2.05) is 31.2 Å². The number of anilines is 2. The molecule has 3 aromatic carbocycles. The van der Waals surface area contributed by atoms with Crippen LogP contribution >= 0.6 is 0 Å². The second-order valence-corrected chi connectivity index (χ2v) is 11.9. The van der Waals surface area contributed by atoms with Gasteiger partial charge < -0.3 is 10.7 Å². The molecule has 0 aliphatic carbocycles. The van der Waals surface area contributed by atoms with Crippen LogP contribution in [0, 0.1) is 25.1 Å². The van der Waals surface area contributed by atoms with Crippen molar-refractivity contribution in [1.29, 1.82) is 5.41 Å². The largest absolute Gasteiger partial charge is 0.355 e. The van der Waals surface area contributed by atoms with Crippen LogP contribution in [0.4, 0.5) is 15.8 Å². The Morgan fingerprint density at radius 3 is 2.50 bits per heavy atom. The summed E-state index contributed by atoms with van der Waals surface area (Å²) in [6.45, 7) is 5.79. The predicted octanol–water partition coefficient (Wildman–Crippen LogP) is 4.56. The molecule has 40 heavy (non-hydrogen) atoms. The molecule has 1 aliphatic rings. The molecule has 1 atom stereocenters. The summed E-state index contributed by atoms with van der Waals surface area (Å²) in [5.74, 6) is -0.323. The fourth-order valence-electron chi connectivity index (χ4n) is 5.10. The molecular formula is C29H32FN7O2S. The molecule has 2 N–H and O–H groups in total. The van der Waals surface area contributed by atoms with E-state index >= 15 is 0 Å². The Morgan fingerprint density at radius 2 is 1.82 bits per heavy atom. The Bertz CT molecular complexity index is 1640. The van der Waals surface area contributed by atoms with E-state index in [9.17, 15) is 12.8 Å². The zero-order chi connectivity index (χ0) is 28.4. The Hall–Kier alpha value is -3.93. The van der Waals surface area contributed by atoms with Crippen LogP contribution in [0.1, 0.15) is 33.9 Å². The Kier molecular flexibility index (Phi) is 7.79. The molecule has 1 fully saturated rings. The fraction of sp³-hybridized carbons (Fsp3) is 0.276. The minimum Gasteiger partial charge on any atom is -0.355 e. The van der Waals surface area contributed by atoms with Gasteiger partial charge in [0, 0.05) is 62.4 Å². The summed E-state index contributed by atoms with van der Waals surface area (Å²) in [7, 11) is -2.25. The summed E-state index contributed by atoms with van der Waals surface area (Å²) in [6, 6.07) is 17.9. The van der Waals surface area contributed by atoms with Gasteiger partial charge in [-0.1, -0.05) is 24.3 Å². The highest BCUT2D eigenvalue weighted by Crippen LogP contribution is 2.35. The van der Waals surface area contributed by atoms with Gasteiger partial charge in [-0.25, -0.2) is 12.8 Å². The first kappa shape index (κ1) is 27.6. The number of hydrogen-bond acceptors (Lipinski definition) is 7. The molecule has 1 aliphatic heterocycles. The smallest absolute Gasteiger partial charge is 0.264 e. The summed E-state index contributed by atoms with van der Waals surface area (Å²) in [4.78, 5) is 3.54. The van der Waals surface area contributed by atoms with Crippen molar-refractivity contribution in [3.63, 3.8) is 0 Å². The van der Waals surface area contributed by atoms with Gasteiger partial charge in [-0.3, -0.25) is 4.90 Å². The first-order chi connectivity index (χ1) is 19.2. The van der Waals surface area contributed by atoms with E-state index in [2.05, 4.69) is 39.5 Å². The third kappa shape index (κ3) is 5.67. The highest BCUT2D eigenvalue weighted by molar-refractivity contribution is 7.89. The van der Waals surface area contributed by atoms with Crippen molar-refractivity contribution in [3.8, 4) is 0 Å². The highest BCUT2D eigenvalue weighted by Gasteiger charge is 2.37. The number of rotatable bonds is 8. The first-order valence-corrected chi connectivity index (χ1v) is 14.4. The lowest BCUT2D eigenvalue weighted by atomic mass is 9.94. The number of benzene rings is 3. The summed E-state index contributed by atoms with van der Waals surface area (Å²) in [5, 5.41) is 19.3. The van der Waals surface area contributed by atoms with Crippen molar-refractivity contribution in [3.05, 3.63) is 100 Å². The second-order valence-electron chi connectivity index (χ2n) is 10.0. The van der Waals surface area contributed by atoms with Crippen LogP contribution in [0.2, 0.25) is 0 Å². The lowest BCUT2D eigenvalue weighted by molar-refractivity contribution is 0.110. The molecular weight excluding hydrogens is 529 g/mol. The molecule has 1 saturated heterocycles. The molecule has 1 unspecified atom stereocenters. The van der Waals surface area contributed by atoms with Crippen LogP contribution in [-0.2, 0) is 23.6 Å². The third-order valence-corrected chi connectivity index (χ3v) is 9.07. The van der Waals surface area contributed by atoms with Crippen molar-refractivity contribution in [2.24, 2.45) is 7.05 Å². The quantitative estimate of drug-likeness (QED) is 0.306. The van der Waals surface area contributed by atoms with Gasteiger partial charge in [0.25, 0.3) is 10.0 Å². The molecule has 5 rings (SSSR count). The van der Waals surface area contributed by atoms with Gasteiger partial charge in [0.15, 0.2) is 0 Å². The summed E-state index contributed by atoms with van der Waals surface area (Å²) >= 11 is 0.